The molecule has 1 aromatic rings. The number of carbonyl (C=O) groups is 2. The Bertz CT molecular complexity index is 406. The number of ether oxygens (including phenoxy) is 2. The first-order chi connectivity index (χ1) is 8.08. The van der Waals surface area contributed by atoms with Gasteiger partial charge in [-0.1, -0.05) is 11.6 Å². The molecule has 6 heteroatoms. The molecule has 0 unspecified atom stereocenters. The zero-order chi connectivity index (χ0) is 12.8. The van der Waals surface area contributed by atoms with Crippen LogP contribution in [0.3, 0.4) is 0 Å². The topological polar surface area (TPSA) is 65.5 Å². The standard InChI is InChI=1S/C11H12ClNO4/c1-16-10(14)8(11(15)17-2)5-7-3-4-13-9(12)6-7/h3-4,6,8H,5H2,1-2H3. The molecule has 1 rings (SSSR count). The average Bonchev–Trinajstić information content (AvgIpc) is 2.34. The second-order valence-electron chi connectivity index (χ2n) is 3.29. The van der Waals surface area contributed by atoms with Crippen molar-refractivity contribution in [3.8, 4) is 0 Å². The summed E-state index contributed by atoms with van der Waals surface area (Å²) in [5.41, 5.74) is 0.714. The minimum absolute atomic E-state index is 0.168. The first-order valence-corrected chi connectivity index (χ1v) is 5.22. The highest BCUT2D eigenvalue weighted by molar-refractivity contribution is 6.29. The molecule has 5 nitrogen and oxygen atoms in total. The van der Waals surface area contributed by atoms with E-state index in [1.807, 2.05) is 0 Å². The number of methoxy groups -OCH3 is 2. The second kappa shape index (κ2) is 6.20. The molecule has 0 radical (unpaired) electrons. The molecule has 0 spiro atoms. The van der Waals surface area contributed by atoms with Crippen LogP contribution in [0.25, 0.3) is 0 Å². The third-order valence-electron chi connectivity index (χ3n) is 2.20. The summed E-state index contributed by atoms with van der Waals surface area (Å²) in [5, 5.41) is 0.302. The molecule has 92 valence electrons. The second-order valence-corrected chi connectivity index (χ2v) is 3.68. The molecular weight excluding hydrogens is 246 g/mol. The van der Waals surface area contributed by atoms with E-state index in [9.17, 15) is 9.59 Å². The van der Waals surface area contributed by atoms with E-state index in [1.54, 1.807) is 12.1 Å². The van der Waals surface area contributed by atoms with Crippen LogP contribution >= 0.6 is 11.6 Å². The molecule has 0 atom stereocenters. The van der Waals surface area contributed by atoms with E-state index >= 15 is 0 Å². The van der Waals surface area contributed by atoms with Crippen molar-refractivity contribution < 1.29 is 19.1 Å². The molecule has 0 fully saturated rings. The number of esters is 2. The van der Waals surface area contributed by atoms with Gasteiger partial charge in [-0.15, -0.1) is 0 Å². The summed E-state index contributed by atoms with van der Waals surface area (Å²) in [6.07, 6.45) is 1.67. The zero-order valence-corrected chi connectivity index (χ0v) is 10.2. The molecule has 1 aromatic heterocycles. The van der Waals surface area contributed by atoms with Gasteiger partial charge in [0.25, 0.3) is 0 Å². The molecule has 17 heavy (non-hydrogen) atoms. The summed E-state index contributed by atoms with van der Waals surface area (Å²) in [6, 6.07) is 3.26. The molecule has 0 aliphatic carbocycles. The zero-order valence-electron chi connectivity index (χ0n) is 9.47. The maximum absolute atomic E-state index is 11.4. The van der Waals surface area contributed by atoms with Crippen molar-refractivity contribution in [2.24, 2.45) is 5.92 Å². The molecule has 0 amide bonds. The molecule has 0 aliphatic heterocycles. The number of halogens is 1. The molecule has 0 N–H and O–H groups in total. The Kier molecular flexibility index (Phi) is 4.90. The van der Waals surface area contributed by atoms with E-state index < -0.39 is 17.9 Å². The Labute approximate surface area is 104 Å². The van der Waals surface area contributed by atoms with Crippen molar-refractivity contribution >= 4 is 23.5 Å². The minimum atomic E-state index is -0.983. The van der Waals surface area contributed by atoms with Crippen molar-refractivity contribution in [2.45, 2.75) is 6.42 Å². The Morgan fingerprint density at radius 2 is 1.94 bits per heavy atom. The van der Waals surface area contributed by atoms with E-state index in [0.717, 1.165) is 0 Å². The maximum atomic E-state index is 11.4. The lowest BCUT2D eigenvalue weighted by molar-refractivity contribution is -0.158. The van der Waals surface area contributed by atoms with Crippen molar-refractivity contribution in [3.63, 3.8) is 0 Å². The molecule has 0 bridgehead atoms. The smallest absolute Gasteiger partial charge is 0.320 e. The van der Waals surface area contributed by atoms with Gasteiger partial charge in [-0.25, -0.2) is 4.98 Å². The highest BCUT2D eigenvalue weighted by atomic mass is 35.5. The third-order valence-corrected chi connectivity index (χ3v) is 2.41. The van der Waals surface area contributed by atoms with E-state index in [2.05, 4.69) is 14.5 Å². The minimum Gasteiger partial charge on any atom is -0.468 e. The largest absolute Gasteiger partial charge is 0.468 e. The maximum Gasteiger partial charge on any atom is 0.320 e. The van der Waals surface area contributed by atoms with Crippen molar-refractivity contribution in [3.05, 3.63) is 29.0 Å². The fraction of sp³-hybridized carbons (Fsp3) is 0.364. The predicted molar refractivity (Wildman–Crippen MR) is 60.5 cm³/mol. The van der Waals surface area contributed by atoms with Crippen LogP contribution in [-0.2, 0) is 25.5 Å². The van der Waals surface area contributed by atoms with Gasteiger partial charge in [0.2, 0.25) is 0 Å². The van der Waals surface area contributed by atoms with E-state index in [0.29, 0.717) is 10.7 Å². The lowest BCUT2D eigenvalue weighted by Crippen LogP contribution is -2.28. The first kappa shape index (κ1) is 13.4. The van der Waals surface area contributed by atoms with E-state index in [4.69, 9.17) is 11.6 Å². The van der Waals surface area contributed by atoms with Crippen molar-refractivity contribution in [1.29, 1.82) is 0 Å². The number of hydrogen-bond acceptors (Lipinski definition) is 5. The Hall–Kier alpha value is -1.62. The number of rotatable bonds is 4. The normalized spacial score (nSPS) is 10.1. The summed E-state index contributed by atoms with van der Waals surface area (Å²) in [4.78, 5) is 26.7. The average molecular weight is 258 g/mol. The van der Waals surface area contributed by atoms with Gasteiger partial charge in [0.1, 0.15) is 5.15 Å². The summed E-state index contributed by atoms with van der Waals surface area (Å²) in [6.45, 7) is 0. The lowest BCUT2D eigenvalue weighted by atomic mass is 10.0. The Balaban J connectivity index is 2.86. The van der Waals surface area contributed by atoms with Gasteiger partial charge in [0.05, 0.1) is 14.2 Å². The molecule has 0 saturated carbocycles. The molecule has 0 aromatic carbocycles. The van der Waals surface area contributed by atoms with Crippen LogP contribution in [0.1, 0.15) is 5.56 Å². The van der Waals surface area contributed by atoms with Gasteiger partial charge >= 0.3 is 11.9 Å². The van der Waals surface area contributed by atoms with Gasteiger partial charge in [0, 0.05) is 6.20 Å². The van der Waals surface area contributed by atoms with Crippen molar-refractivity contribution in [2.75, 3.05) is 14.2 Å². The number of aromatic nitrogens is 1. The Morgan fingerprint density at radius 1 is 1.35 bits per heavy atom. The van der Waals surface area contributed by atoms with Crippen LogP contribution in [0.5, 0.6) is 0 Å². The van der Waals surface area contributed by atoms with E-state index in [-0.39, 0.29) is 6.42 Å². The van der Waals surface area contributed by atoms with Gasteiger partial charge < -0.3 is 9.47 Å². The number of carbonyl (C=O) groups excluding carboxylic acids is 2. The number of nitrogens with zero attached hydrogens (tertiary/aromatic N) is 1. The van der Waals surface area contributed by atoms with Gasteiger partial charge in [0.15, 0.2) is 5.92 Å². The van der Waals surface area contributed by atoms with Crippen LogP contribution in [-0.4, -0.2) is 31.1 Å². The van der Waals surface area contributed by atoms with Gasteiger partial charge in [-0.05, 0) is 24.1 Å². The molecule has 1 heterocycles. The van der Waals surface area contributed by atoms with E-state index in [1.165, 1.54) is 20.4 Å². The molecule has 0 aliphatic rings. The molecule has 0 saturated heterocycles. The van der Waals surface area contributed by atoms with Gasteiger partial charge in [-0.3, -0.25) is 9.59 Å². The van der Waals surface area contributed by atoms with Crippen LogP contribution in [0.4, 0.5) is 0 Å². The monoisotopic (exact) mass is 257 g/mol. The van der Waals surface area contributed by atoms with Gasteiger partial charge in [-0.2, -0.15) is 0 Å². The number of pyridine rings is 1. The van der Waals surface area contributed by atoms with Crippen molar-refractivity contribution in [1.82, 2.24) is 4.98 Å². The molecular formula is C11H12ClNO4. The quantitative estimate of drug-likeness (QED) is 0.461. The van der Waals surface area contributed by atoms with Crippen LogP contribution in [0.15, 0.2) is 18.3 Å². The fourth-order valence-electron chi connectivity index (χ4n) is 1.35. The van der Waals surface area contributed by atoms with Crippen LogP contribution in [0, 0.1) is 5.92 Å². The number of hydrogen-bond donors (Lipinski definition) is 0. The SMILES string of the molecule is COC(=O)C(Cc1ccnc(Cl)c1)C(=O)OC. The van der Waals surface area contributed by atoms with Crippen LogP contribution < -0.4 is 0 Å². The summed E-state index contributed by atoms with van der Waals surface area (Å²) < 4.78 is 9.10. The first-order valence-electron chi connectivity index (χ1n) is 4.84. The highest BCUT2D eigenvalue weighted by Gasteiger charge is 2.28. The summed E-state index contributed by atoms with van der Waals surface area (Å²) in [7, 11) is 2.44. The predicted octanol–water partition coefficient (Wildman–Crippen LogP) is 1.24. The summed E-state index contributed by atoms with van der Waals surface area (Å²) in [5.74, 6) is -2.25. The fourth-order valence-corrected chi connectivity index (χ4v) is 1.55. The summed E-state index contributed by atoms with van der Waals surface area (Å²) >= 11 is 5.71. The third kappa shape index (κ3) is 3.71. The van der Waals surface area contributed by atoms with Crippen LogP contribution in [0.2, 0.25) is 5.15 Å². The lowest BCUT2D eigenvalue weighted by Gasteiger charge is -2.12. The highest BCUT2D eigenvalue weighted by Crippen LogP contribution is 2.14. The Morgan fingerprint density at radius 3 is 2.41 bits per heavy atom.